The lowest BCUT2D eigenvalue weighted by atomic mass is 9.84. The number of hydrogen-bond acceptors (Lipinski definition) is 2. The van der Waals surface area contributed by atoms with Crippen LogP contribution in [0.3, 0.4) is 0 Å². The van der Waals surface area contributed by atoms with Crippen LogP contribution in [-0.4, -0.2) is 28.6 Å². The maximum absolute atomic E-state index is 12.1. The molecule has 0 spiro atoms. The summed E-state index contributed by atoms with van der Waals surface area (Å²) in [5, 5.41) is 18.0. The average Bonchev–Trinajstić information content (AvgIpc) is 1.92. The highest BCUT2D eigenvalue weighted by molar-refractivity contribution is 4.85. The van der Waals surface area contributed by atoms with Gasteiger partial charge in [0.25, 0.3) is 0 Å². The van der Waals surface area contributed by atoms with Crippen LogP contribution in [0, 0.1) is 5.92 Å². The van der Waals surface area contributed by atoms with Crippen molar-refractivity contribution in [1.82, 2.24) is 0 Å². The van der Waals surface area contributed by atoms with E-state index in [1.807, 2.05) is 0 Å². The van der Waals surface area contributed by atoms with E-state index in [1.165, 1.54) is 0 Å². The van der Waals surface area contributed by atoms with Gasteiger partial charge in [0.15, 0.2) is 0 Å². The Bertz CT molecular complexity index is 157. The van der Waals surface area contributed by atoms with Crippen molar-refractivity contribution in [3.8, 4) is 0 Å². The second kappa shape index (κ2) is 3.22. The minimum atomic E-state index is -4.39. The lowest BCUT2D eigenvalue weighted by Crippen LogP contribution is -2.44. The third-order valence-electron chi connectivity index (χ3n) is 2.24. The van der Waals surface area contributed by atoms with Crippen LogP contribution in [0.25, 0.3) is 0 Å². The zero-order valence-corrected chi connectivity index (χ0v) is 6.38. The van der Waals surface area contributed by atoms with Crippen LogP contribution < -0.4 is 0 Å². The van der Waals surface area contributed by atoms with E-state index in [0.29, 0.717) is 6.42 Å². The molecule has 1 rings (SSSR count). The van der Waals surface area contributed by atoms with Crippen molar-refractivity contribution in [3.63, 3.8) is 0 Å². The Morgan fingerprint density at radius 1 is 1.08 bits per heavy atom. The van der Waals surface area contributed by atoms with Gasteiger partial charge >= 0.3 is 6.18 Å². The molecule has 0 aromatic rings. The number of rotatable bonds is 0. The fourth-order valence-corrected chi connectivity index (χ4v) is 1.51. The van der Waals surface area contributed by atoms with Crippen molar-refractivity contribution in [2.45, 2.75) is 37.6 Å². The zero-order chi connectivity index (χ0) is 9.35. The van der Waals surface area contributed by atoms with Gasteiger partial charge in [-0.25, -0.2) is 0 Å². The first-order chi connectivity index (χ1) is 5.43. The molecule has 0 unspecified atom stereocenters. The summed E-state index contributed by atoms with van der Waals surface area (Å²) in [6.45, 7) is 0. The average molecular weight is 184 g/mol. The Morgan fingerprint density at radius 2 is 1.67 bits per heavy atom. The fraction of sp³-hybridized carbons (Fsp3) is 1.00. The molecule has 0 aromatic heterocycles. The van der Waals surface area contributed by atoms with Gasteiger partial charge in [0.05, 0.1) is 18.1 Å². The SMILES string of the molecule is O[C@H]1[C@@H](O)CCC[C@@H]1C(F)(F)F. The lowest BCUT2D eigenvalue weighted by Gasteiger charge is -2.32. The summed E-state index contributed by atoms with van der Waals surface area (Å²) >= 11 is 0. The van der Waals surface area contributed by atoms with Crippen molar-refractivity contribution in [2.24, 2.45) is 5.92 Å². The predicted molar refractivity (Wildman–Crippen MR) is 35.4 cm³/mol. The Kier molecular flexibility index (Phi) is 2.63. The Morgan fingerprint density at radius 3 is 2.08 bits per heavy atom. The Labute approximate surface area is 68.0 Å². The summed E-state index contributed by atoms with van der Waals surface area (Å²) in [6, 6.07) is 0. The topological polar surface area (TPSA) is 40.5 Å². The minimum absolute atomic E-state index is 0.0816. The van der Waals surface area contributed by atoms with Crippen molar-refractivity contribution in [2.75, 3.05) is 0 Å². The van der Waals surface area contributed by atoms with E-state index in [1.54, 1.807) is 0 Å². The highest BCUT2D eigenvalue weighted by Crippen LogP contribution is 2.37. The second-order valence-corrected chi connectivity index (χ2v) is 3.14. The lowest BCUT2D eigenvalue weighted by molar-refractivity contribution is -0.223. The second-order valence-electron chi connectivity index (χ2n) is 3.14. The van der Waals surface area contributed by atoms with Crippen molar-refractivity contribution in [3.05, 3.63) is 0 Å². The molecule has 1 aliphatic rings. The maximum atomic E-state index is 12.1. The monoisotopic (exact) mass is 184 g/mol. The smallest absolute Gasteiger partial charge is 0.390 e. The number of aliphatic hydroxyl groups excluding tert-OH is 2. The van der Waals surface area contributed by atoms with E-state index in [-0.39, 0.29) is 12.8 Å². The first-order valence-electron chi connectivity index (χ1n) is 3.86. The molecule has 2 N–H and O–H groups in total. The van der Waals surface area contributed by atoms with Crippen LogP contribution >= 0.6 is 0 Å². The molecule has 72 valence electrons. The van der Waals surface area contributed by atoms with E-state index in [0.717, 1.165) is 0 Å². The van der Waals surface area contributed by atoms with E-state index >= 15 is 0 Å². The first-order valence-corrected chi connectivity index (χ1v) is 3.86. The van der Waals surface area contributed by atoms with Crippen LogP contribution in [0.15, 0.2) is 0 Å². The minimum Gasteiger partial charge on any atom is -0.390 e. The molecule has 0 aliphatic heterocycles. The zero-order valence-electron chi connectivity index (χ0n) is 6.38. The summed E-state index contributed by atoms with van der Waals surface area (Å²) < 4.78 is 36.3. The molecule has 1 fully saturated rings. The summed E-state index contributed by atoms with van der Waals surface area (Å²) in [5.74, 6) is -1.75. The highest BCUT2D eigenvalue weighted by Gasteiger charge is 2.47. The van der Waals surface area contributed by atoms with Gasteiger partial charge in [0, 0.05) is 0 Å². The van der Waals surface area contributed by atoms with Crippen LogP contribution in [0.1, 0.15) is 19.3 Å². The van der Waals surface area contributed by atoms with Gasteiger partial charge in [-0.1, -0.05) is 6.42 Å². The Balaban J connectivity index is 2.64. The Hall–Kier alpha value is -0.290. The molecule has 0 bridgehead atoms. The molecule has 3 atom stereocenters. The van der Waals surface area contributed by atoms with Gasteiger partial charge in [0.2, 0.25) is 0 Å². The van der Waals surface area contributed by atoms with Crippen LogP contribution in [0.5, 0.6) is 0 Å². The molecule has 0 radical (unpaired) electrons. The van der Waals surface area contributed by atoms with Gasteiger partial charge < -0.3 is 10.2 Å². The van der Waals surface area contributed by atoms with Gasteiger partial charge in [0.1, 0.15) is 0 Å². The van der Waals surface area contributed by atoms with Crippen LogP contribution in [0.2, 0.25) is 0 Å². The number of aliphatic hydroxyl groups is 2. The van der Waals surface area contributed by atoms with Crippen molar-refractivity contribution in [1.29, 1.82) is 0 Å². The highest BCUT2D eigenvalue weighted by atomic mass is 19.4. The molecule has 2 nitrogen and oxygen atoms in total. The van der Waals surface area contributed by atoms with E-state index in [4.69, 9.17) is 10.2 Å². The molecule has 12 heavy (non-hydrogen) atoms. The van der Waals surface area contributed by atoms with Crippen molar-refractivity contribution >= 4 is 0 Å². The van der Waals surface area contributed by atoms with Crippen molar-refractivity contribution < 1.29 is 23.4 Å². The summed E-state index contributed by atoms with van der Waals surface area (Å²) in [4.78, 5) is 0. The quantitative estimate of drug-likeness (QED) is 0.591. The molecule has 1 aliphatic carbocycles. The van der Waals surface area contributed by atoms with E-state index < -0.39 is 24.3 Å². The molecule has 0 amide bonds. The molecule has 5 heteroatoms. The third-order valence-corrected chi connectivity index (χ3v) is 2.24. The standard InChI is InChI=1S/C7H11F3O2/c8-7(9,10)4-2-1-3-5(11)6(4)12/h4-6,11-12H,1-3H2/t4-,5-,6+/m0/s1. The fourth-order valence-electron chi connectivity index (χ4n) is 1.51. The maximum Gasteiger partial charge on any atom is 0.394 e. The summed E-state index contributed by atoms with van der Waals surface area (Å²) in [5.41, 5.74) is 0. The predicted octanol–water partition coefficient (Wildman–Crippen LogP) is 1.07. The number of hydrogen-bond donors (Lipinski definition) is 2. The van der Waals surface area contributed by atoms with Gasteiger partial charge in [-0.3, -0.25) is 0 Å². The molecule has 1 saturated carbocycles. The number of alkyl halides is 3. The molecule has 0 saturated heterocycles. The molecular weight excluding hydrogens is 173 g/mol. The number of halogens is 3. The normalized spacial score (nSPS) is 38.2. The van der Waals surface area contributed by atoms with E-state index in [9.17, 15) is 13.2 Å². The third kappa shape index (κ3) is 1.90. The van der Waals surface area contributed by atoms with Crippen LogP contribution in [0.4, 0.5) is 13.2 Å². The molecule has 0 aromatic carbocycles. The summed E-state index contributed by atoms with van der Waals surface area (Å²) in [6.07, 6.45) is -6.75. The van der Waals surface area contributed by atoms with E-state index in [2.05, 4.69) is 0 Å². The molecule has 0 heterocycles. The van der Waals surface area contributed by atoms with Gasteiger partial charge in [-0.15, -0.1) is 0 Å². The van der Waals surface area contributed by atoms with Gasteiger partial charge in [-0.2, -0.15) is 13.2 Å². The first kappa shape index (κ1) is 9.80. The summed E-state index contributed by atoms with van der Waals surface area (Å²) in [7, 11) is 0. The van der Waals surface area contributed by atoms with Gasteiger partial charge in [-0.05, 0) is 12.8 Å². The van der Waals surface area contributed by atoms with Crippen LogP contribution in [-0.2, 0) is 0 Å². The molecular formula is C7H11F3O2. The largest absolute Gasteiger partial charge is 0.394 e.